The molecule has 5 nitrogen and oxygen atoms in total. The third kappa shape index (κ3) is 4.32. The highest BCUT2D eigenvalue weighted by Gasteiger charge is 2.32. The zero-order chi connectivity index (χ0) is 17.7. The molecule has 2 rings (SSSR count). The van der Waals surface area contributed by atoms with Crippen LogP contribution in [0.15, 0.2) is 48.5 Å². The average Bonchev–Trinajstić information content (AvgIpc) is 2.56. The number of rotatable bonds is 5. The van der Waals surface area contributed by atoms with Crippen molar-refractivity contribution in [1.82, 2.24) is 0 Å². The van der Waals surface area contributed by atoms with E-state index < -0.39 is 23.4 Å². The summed E-state index contributed by atoms with van der Waals surface area (Å²) < 4.78 is 28.3. The van der Waals surface area contributed by atoms with Crippen LogP contribution in [0.5, 0.6) is 11.5 Å². The summed E-state index contributed by atoms with van der Waals surface area (Å²) in [4.78, 5) is 23.6. The lowest BCUT2D eigenvalue weighted by atomic mass is 10.1. The molecule has 2 aromatic rings. The Bertz CT molecular complexity index is 720. The number of hydrogen-bond donors (Lipinski definition) is 0. The minimum absolute atomic E-state index is 0.267. The van der Waals surface area contributed by atoms with Crippen molar-refractivity contribution in [3.05, 3.63) is 59.9 Å². The molecular weight excluding hydrogens is 315 g/mol. The van der Waals surface area contributed by atoms with Crippen LogP contribution >= 0.6 is 0 Å². The highest BCUT2D eigenvalue weighted by Crippen LogP contribution is 2.22. The number of esters is 2. The van der Waals surface area contributed by atoms with Crippen molar-refractivity contribution >= 4 is 11.9 Å². The van der Waals surface area contributed by atoms with Gasteiger partial charge in [0.25, 0.3) is 0 Å². The van der Waals surface area contributed by atoms with Gasteiger partial charge in [0.1, 0.15) is 17.3 Å². The molecule has 126 valence electrons. The maximum absolute atomic E-state index is 12.9. The minimum Gasteiger partial charge on any atom is -0.476 e. The number of benzene rings is 2. The van der Waals surface area contributed by atoms with Crippen LogP contribution in [0.2, 0.25) is 0 Å². The molecule has 0 bridgehead atoms. The summed E-state index contributed by atoms with van der Waals surface area (Å²) in [6.07, 6.45) is 0. The molecule has 0 fully saturated rings. The van der Waals surface area contributed by atoms with E-state index in [2.05, 4.69) is 4.74 Å². The summed E-state index contributed by atoms with van der Waals surface area (Å²) in [5.74, 6) is -0.887. The zero-order valence-electron chi connectivity index (χ0n) is 13.5. The van der Waals surface area contributed by atoms with Crippen molar-refractivity contribution in [2.75, 3.05) is 7.11 Å². The van der Waals surface area contributed by atoms with E-state index in [-0.39, 0.29) is 5.75 Å². The Morgan fingerprint density at radius 2 is 1.46 bits per heavy atom. The zero-order valence-corrected chi connectivity index (χ0v) is 13.5. The first-order chi connectivity index (χ1) is 11.3. The SMILES string of the molecule is COC(=O)c1ccc(OC(=O)C(C)(C)Oc2ccc(F)cc2)cc1. The maximum atomic E-state index is 12.9. The van der Waals surface area contributed by atoms with Crippen LogP contribution in [-0.4, -0.2) is 24.6 Å². The van der Waals surface area contributed by atoms with Crippen LogP contribution in [0, 0.1) is 5.82 Å². The van der Waals surface area contributed by atoms with Crippen LogP contribution in [0.4, 0.5) is 4.39 Å². The lowest BCUT2D eigenvalue weighted by molar-refractivity contribution is -0.149. The van der Waals surface area contributed by atoms with Crippen molar-refractivity contribution in [1.29, 1.82) is 0 Å². The predicted octanol–water partition coefficient (Wildman–Crippen LogP) is 3.38. The van der Waals surface area contributed by atoms with Crippen LogP contribution in [0.3, 0.4) is 0 Å². The molecule has 6 heteroatoms. The second kappa shape index (κ2) is 7.12. The van der Waals surface area contributed by atoms with Gasteiger partial charge in [-0.25, -0.2) is 14.0 Å². The van der Waals surface area contributed by atoms with Crippen molar-refractivity contribution in [3.63, 3.8) is 0 Å². The maximum Gasteiger partial charge on any atom is 0.355 e. The lowest BCUT2D eigenvalue weighted by Gasteiger charge is -2.24. The van der Waals surface area contributed by atoms with Gasteiger partial charge in [0.05, 0.1) is 12.7 Å². The number of hydrogen-bond acceptors (Lipinski definition) is 5. The fraction of sp³-hybridized carbons (Fsp3) is 0.222. The summed E-state index contributed by atoms with van der Waals surface area (Å²) in [6.45, 7) is 3.09. The molecule has 0 aliphatic heterocycles. The second-order valence-corrected chi connectivity index (χ2v) is 5.47. The first-order valence-electron chi connectivity index (χ1n) is 7.17. The van der Waals surface area contributed by atoms with Crippen molar-refractivity contribution in [2.45, 2.75) is 19.4 Å². The van der Waals surface area contributed by atoms with E-state index in [0.717, 1.165) is 0 Å². The number of methoxy groups -OCH3 is 1. The van der Waals surface area contributed by atoms with Crippen LogP contribution < -0.4 is 9.47 Å². The fourth-order valence-corrected chi connectivity index (χ4v) is 1.85. The molecule has 0 N–H and O–H groups in total. The summed E-state index contributed by atoms with van der Waals surface area (Å²) in [5.41, 5.74) is -0.933. The average molecular weight is 332 g/mol. The standard InChI is InChI=1S/C18H17FO5/c1-18(2,24-15-10-6-13(19)7-11-15)17(21)23-14-8-4-12(5-9-14)16(20)22-3/h4-11H,1-3H3. The van der Waals surface area contributed by atoms with Gasteiger partial charge in [-0.1, -0.05) is 0 Å². The molecule has 0 heterocycles. The third-order valence-electron chi connectivity index (χ3n) is 3.16. The van der Waals surface area contributed by atoms with Gasteiger partial charge in [-0.15, -0.1) is 0 Å². The molecule has 0 amide bonds. The van der Waals surface area contributed by atoms with E-state index in [1.807, 2.05) is 0 Å². The van der Waals surface area contributed by atoms with Crippen molar-refractivity contribution in [3.8, 4) is 11.5 Å². The predicted molar refractivity (Wildman–Crippen MR) is 84.5 cm³/mol. The Morgan fingerprint density at radius 3 is 2.00 bits per heavy atom. The van der Waals surface area contributed by atoms with E-state index in [1.165, 1.54) is 55.6 Å². The van der Waals surface area contributed by atoms with Crippen molar-refractivity contribution in [2.24, 2.45) is 0 Å². The topological polar surface area (TPSA) is 61.8 Å². The molecule has 24 heavy (non-hydrogen) atoms. The van der Waals surface area contributed by atoms with E-state index in [0.29, 0.717) is 11.3 Å². The lowest BCUT2D eigenvalue weighted by Crippen LogP contribution is -2.41. The van der Waals surface area contributed by atoms with Crippen LogP contribution in [0.1, 0.15) is 24.2 Å². The number of carbonyl (C=O) groups is 2. The molecular formula is C18H17FO5. The molecule has 0 atom stereocenters. The van der Waals surface area contributed by atoms with Crippen LogP contribution in [0.25, 0.3) is 0 Å². The monoisotopic (exact) mass is 332 g/mol. The molecule has 0 unspecified atom stereocenters. The van der Waals surface area contributed by atoms with E-state index >= 15 is 0 Å². The summed E-state index contributed by atoms with van der Waals surface area (Å²) in [6, 6.07) is 11.3. The highest BCUT2D eigenvalue weighted by atomic mass is 19.1. The molecule has 0 aromatic heterocycles. The first kappa shape index (κ1) is 17.5. The van der Waals surface area contributed by atoms with Gasteiger partial charge >= 0.3 is 11.9 Å². The molecule has 2 aromatic carbocycles. The van der Waals surface area contributed by atoms with Gasteiger partial charge in [0.2, 0.25) is 5.60 Å². The molecule has 0 radical (unpaired) electrons. The number of ether oxygens (including phenoxy) is 3. The first-order valence-corrected chi connectivity index (χ1v) is 7.17. The largest absolute Gasteiger partial charge is 0.476 e. The summed E-state index contributed by atoms with van der Waals surface area (Å²) in [7, 11) is 1.28. The quantitative estimate of drug-likeness (QED) is 0.620. The third-order valence-corrected chi connectivity index (χ3v) is 3.16. The van der Waals surface area contributed by atoms with Gasteiger partial charge in [0.15, 0.2) is 0 Å². The Hall–Kier alpha value is -2.89. The Kier molecular flexibility index (Phi) is 5.18. The van der Waals surface area contributed by atoms with Crippen LogP contribution in [-0.2, 0) is 9.53 Å². The normalized spacial score (nSPS) is 10.8. The summed E-state index contributed by atoms with van der Waals surface area (Å²) >= 11 is 0. The Labute approximate surface area is 139 Å². The second-order valence-electron chi connectivity index (χ2n) is 5.47. The smallest absolute Gasteiger partial charge is 0.355 e. The number of carbonyl (C=O) groups excluding carboxylic acids is 2. The minimum atomic E-state index is -1.28. The molecule has 0 spiro atoms. The van der Waals surface area contributed by atoms with E-state index in [9.17, 15) is 14.0 Å². The van der Waals surface area contributed by atoms with Gasteiger partial charge in [0, 0.05) is 0 Å². The van der Waals surface area contributed by atoms with E-state index in [4.69, 9.17) is 9.47 Å². The number of halogens is 1. The molecule has 0 saturated heterocycles. The van der Waals surface area contributed by atoms with Gasteiger partial charge < -0.3 is 14.2 Å². The highest BCUT2D eigenvalue weighted by molar-refractivity contribution is 5.89. The van der Waals surface area contributed by atoms with Gasteiger partial charge in [-0.05, 0) is 62.4 Å². The molecule has 0 saturated carbocycles. The fourth-order valence-electron chi connectivity index (χ4n) is 1.85. The molecule has 0 aliphatic carbocycles. The molecule has 0 aliphatic rings. The Balaban J connectivity index is 2.04. The van der Waals surface area contributed by atoms with Gasteiger partial charge in [-0.2, -0.15) is 0 Å². The van der Waals surface area contributed by atoms with Crippen molar-refractivity contribution < 1.29 is 28.2 Å². The summed E-state index contributed by atoms with van der Waals surface area (Å²) in [5, 5.41) is 0. The Morgan fingerprint density at radius 1 is 0.917 bits per heavy atom. The van der Waals surface area contributed by atoms with E-state index in [1.54, 1.807) is 13.8 Å². The van der Waals surface area contributed by atoms with Gasteiger partial charge in [-0.3, -0.25) is 0 Å².